The smallest absolute Gasteiger partial charge is 0.274 e. The number of methoxy groups -OCH3 is 1. The average Bonchev–Trinajstić information content (AvgIpc) is 3.18. The molecule has 110 valence electrons. The number of rotatable bonds is 4. The molecule has 0 amide bonds. The Morgan fingerprint density at radius 3 is 2.90 bits per heavy atom. The minimum absolute atomic E-state index is 0.117. The zero-order valence-corrected chi connectivity index (χ0v) is 12.0. The van der Waals surface area contributed by atoms with Gasteiger partial charge in [0.1, 0.15) is 17.9 Å². The van der Waals surface area contributed by atoms with Crippen LogP contribution >= 0.6 is 0 Å². The number of aromatic nitrogens is 3. The summed E-state index contributed by atoms with van der Waals surface area (Å²) in [5.41, 5.74) is 1.20. The van der Waals surface area contributed by atoms with Crippen LogP contribution in [0.15, 0.2) is 16.8 Å². The molecule has 1 atom stereocenters. The van der Waals surface area contributed by atoms with E-state index in [0.29, 0.717) is 28.9 Å². The van der Waals surface area contributed by atoms with Crippen molar-refractivity contribution in [2.24, 2.45) is 5.92 Å². The molecular weight excluding hydrogens is 268 g/mol. The van der Waals surface area contributed by atoms with Crippen LogP contribution < -0.4 is 0 Å². The monoisotopic (exact) mass is 286 g/mol. The van der Waals surface area contributed by atoms with Gasteiger partial charge in [0.15, 0.2) is 0 Å². The van der Waals surface area contributed by atoms with Gasteiger partial charge in [-0.25, -0.2) is 0 Å². The van der Waals surface area contributed by atoms with Crippen molar-refractivity contribution in [2.75, 3.05) is 7.11 Å². The SMILES string of the molecule is COC(c1noc(-c2cc(C#N)c[nH]2)n1)C1CCCCC1. The molecule has 6 heteroatoms. The minimum Gasteiger partial charge on any atom is -0.373 e. The Morgan fingerprint density at radius 1 is 1.43 bits per heavy atom. The van der Waals surface area contributed by atoms with Crippen LogP contribution in [0.25, 0.3) is 11.6 Å². The normalized spacial score (nSPS) is 17.5. The van der Waals surface area contributed by atoms with Crippen LogP contribution in [0.1, 0.15) is 49.6 Å². The Kier molecular flexibility index (Phi) is 4.02. The number of hydrogen-bond acceptors (Lipinski definition) is 5. The van der Waals surface area contributed by atoms with Crippen LogP contribution in [0.5, 0.6) is 0 Å². The van der Waals surface area contributed by atoms with Gasteiger partial charge in [-0.15, -0.1) is 0 Å². The summed E-state index contributed by atoms with van der Waals surface area (Å²) in [4.78, 5) is 7.39. The Labute approximate surface area is 123 Å². The summed E-state index contributed by atoms with van der Waals surface area (Å²) in [5, 5.41) is 12.9. The van der Waals surface area contributed by atoms with E-state index in [1.807, 2.05) is 0 Å². The van der Waals surface area contributed by atoms with E-state index in [1.165, 1.54) is 19.3 Å². The van der Waals surface area contributed by atoms with Crippen molar-refractivity contribution in [3.63, 3.8) is 0 Å². The van der Waals surface area contributed by atoms with Crippen LogP contribution in [0, 0.1) is 17.2 Å². The molecule has 3 rings (SSSR count). The first-order chi connectivity index (χ1) is 10.3. The molecule has 1 unspecified atom stereocenters. The molecule has 21 heavy (non-hydrogen) atoms. The summed E-state index contributed by atoms with van der Waals surface area (Å²) in [6, 6.07) is 3.76. The maximum Gasteiger partial charge on any atom is 0.274 e. The number of aromatic amines is 1. The molecule has 1 aliphatic carbocycles. The van der Waals surface area contributed by atoms with Crippen LogP contribution in [-0.2, 0) is 4.74 Å². The highest BCUT2D eigenvalue weighted by Crippen LogP contribution is 2.35. The zero-order chi connectivity index (χ0) is 14.7. The van der Waals surface area contributed by atoms with Crippen molar-refractivity contribution in [1.29, 1.82) is 5.26 Å². The lowest BCUT2D eigenvalue weighted by Gasteiger charge is -2.26. The van der Waals surface area contributed by atoms with E-state index < -0.39 is 0 Å². The number of ether oxygens (including phenoxy) is 1. The fourth-order valence-corrected chi connectivity index (χ4v) is 2.99. The molecule has 0 radical (unpaired) electrons. The lowest BCUT2D eigenvalue weighted by atomic mass is 9.85. The first-order valence-electron chi connectivity index (χ1n) is 7.27. The van der Waals surface area contributed by atoms with Crippen LogP contribution in [0.2, 0.25) is 0 Å². The van der Waals surface area contributed by atoms with Crippen molar-refractivity contribution in [3.05, 3.63) is 23.7 Å². The molecule has 1 fully saturated rings. The van der Waals surface area contributed by atoms with Crippen molar-refractivity contribution in [1.82, 2.24) is 15.1 Å². The second kappa shape index (κ2) is 6.10. The van der Waals surface area contributed by atoms with Gasteiger partial charge in [-0.3, -0.25) is 0 Å². The molecule has 1 N–H and O–H groups in total. The van der Waals surface area contributed by atoms with E-state index in [2.05, 4.69) is 21.2 Å². The first kappa shape index (κ1) is 13.8. The molecule has 0 bridgehead atoms. The topological polar surface area (TPSA) is 87.7 Å². The maximum atomic E-state index is 8.84. The van der Waals surface area contributed by atoms with Gasteiger partial charge in [-0.05, 0) is 24.8 Å². The average molecular weight is 286 g/mol. The Bertz CT molecular complexity index is 634. The Hall–Kier alpha value is -2.13. The molecule has 6 nitrogen and oxygen atoms in total. The maximum absolute atomic E-state index is 8.84. The number of nitrogens with one attached hydrogen (secondary N) is 1. The Morgan fingerprint density at radius 2 is 2.24 bits per heavy atom. The summed E-state index contributed by atoms with van der Waals surface area (Å²) in [7, 11) is 1.69. The van der Waals surface area contributed by atoms with Gasteiger partial charge >= 0.3 is 0 Å². The Balaban J connectivity index is 1.80. The minimum atomic E-state index is -0.117. The van der Waals surface area contributed by atoms with Crippen molar-refractivity contribution < 1.29 is 9.26 Å². The van der Waals surface area contributed by atoms with Crippen molar-refractivity contribution in [3.8, 4) is 17.7 Å². The molecule has 0 aliphatic heterocycles. The molecule has 1 aliphatic rings. The van der Waals surface area contributed by atoms with Crippen LogP contribution in [0.4, 0.5) is 0 Å². The van der Waals surface area contributed by atoms with Gasteiger partial charge in [-0.2, -0.15) is 10.2 Å². The van der Waals surface area contributed by atoms with Crippen molar-refractivity contribution in [2.45, 2.75) is 38.2 Å². The van der Waals surface area contributed by atoms with E-state index in [9.17, 15) is 0 Å². The molecule has 2 aromatic heterocycles. The van der Waals surface area contributed by atoms with Gasteiger partial charge in [0.25, 0.3) is 5.89 Å². The summed E-state index contributed by atoms with van der Waals surface area (Å²) in [5.74, 6) is 1.43. The van der Waals surface area contributed by atoms with E-state index in [0.717, 1.165) is 12.8 Å². The molecule has 2 aromatic rings. The van der Waals surface area contributed by atoms with E-state index >= 15 is 0 Å². The number of hydrogen-bond donors (Lipinski definition) is 1. The second-order valence-corrected chi connectivity index (χ2v) is 5.43. The van der Waals surface area contributed by atoms with Gasteiger partial charge in [0, 0.05) is 13.3 Å². The quantitative estimate of drug-likeness (QED) is 0.932. The number of nitrogens with zero attached hydrogens (tertiary/aromatic N) is 3. The standard InChI is InChI=1S/C15H18N4O2/c1-20-13(11-5-3-2-4-6-11)14-18-15(21-19-14)12-7-10(8-16)9-17-12/h7,9,11,13,17H,2-6H2,1H3. The van der Waals surface area contributed by atoms with Gasteiger partial charge in [-0.1, -0.05) is 24.4 Å². The summed E-state index contributed by atoms with van der Waals surface area (Å²) >= 11 is 0. The lowest BCUT2D eigenvalue weighted by Crippen LogP contribution is -2.19. The van der Waals surface area contributed by atoms with E-state index in [-0.39, 0.29) is 6.10 Å². The van der Waals surface area contributed by atoms with Crippen LogP contribution in [0.3, 0.4) is 0 Å². The molecule has 0 aromatic carbocycles. The van der Waals surface area contributed by atoms with Crippen LogP contribution in [-0.4, -0.2) is 22.2 Å². The number of nitriles is 1. The molecule has 1 saturated carbocycles. The molecule has 0 spiro atoms. The fraction of sp³-hybridized carbons (Fsp3) is 0.533. The lowest BCUT2D eigenvalue weighted by molar-refractivity contribution is 0.0274. The highest BCUT2D eigenvalue weighted by atomic mass is 16.5. The van der Waals surface area contributed by atoms with Gasteiger partial charge < -0.3 is 14.2 Å². The third-order valence-corrected chi connectivity index (χ3v) is 4.07. The zero-order valence-electron chi connectivity index (χ0n) is 12.0. The summed E-state index contributed by atoms with van der Waals surface area (Å²) in [6.45, 7) is 0. The highest BCUT2D eigenvalue weighted by Gasteiger charge is 2.29. The largest absolute Gasteiger partial charge is 0.373 e. The van der Waals surface area contributed by atoms with Gasteiger partial charge in [0.05, 0.1) is 5.56 Å². The highest BCUT2D eigenvalue weighted by molar-refractivity contribution is 5.51. The van der Waals surface area contributed by atoms with Gasteiger partial charge in [0.2, 0.25) is 5.82 Å². The summed E-state index contributed by atoms with van der Waals surface area (Å²) < 4.78 is 10.9. The third-order valence-electron chi connectivity index (χ3n) is 4.07. The van der Waals surface area contributed by atoms with Crippen molar-refractivity contribution >= 4 is 0 Å². The second-order valence-electron chi connectivity index (χ2n) is 5.43. The fourth-order valence-electron chi connectivity index (χ4n) is 2.99. The van der Waals surface area contributed by atoms with E-state index in [1.54, 1.807) is 19.4 Å². The predicted molar refractivity (Wildman–Crippen MR) is 75.1 cm³/mol. The third kappa shape index (κ3) is 2.83. The molecule has 2 heterocycles. The van der Waals surface area contributed by atoms with E-state index in [4.69, 9.17) is 14.5 Å². The molecule has 0 saturated heterocycles. The number of H-pyrrole nitrogens is 1. The summed E-state index contributed by atoms with van der Waals surface area (Å²) in [6.07, 6.45) is 7.55. The predicted octanol–water partition coefficient (Wildman–Crippen LogP) is 3.20. The molecular formula is C15H18N4O2. The first-order valence-corrected chi connectivity index (χ1v) is 7.27.